The summed E-state index contributed by atoms with van der Waals surface area (Å²) in [5.41, 5.74) is 2.05. The Labute approximate surface area is 136 Å². The number of rotatable bonds is 7. The Morgan fingerprint density at radius 1 is 1.13 bits per heavy atom. The van der Waals surface area contributed by atoms with E-state index in [-0.39, 0.29) is 5.91 Å². The molecule has 1 N–H and O–H groups in total. The maximum absolute atomic E-state index is 11.8. The van der Waals surface area contributed by atoms with Crippen LogP contribution in [0.15, 0.2) is 54.6 Å². The Kier molecular flexibility index (Phi) is 6.24. The summed E-state index contributed by atoms with van der Waals surface area (Å²) in [5, 5.41) is 2.78. The van der Waals surface area contributed by atoms with Crippen molar-refractivity contribution in [2.75, 3.05) is 20.3 Å². The Morgan fingerprint density at radius 2 is 1.87 bits per heavy atom. The first-order chi connectivity index (χ1) is 11.2. The van der Waals surface area contributed by atoms with Gasteiger partial charge in [0.15, 0.2) is 0 Å². The molecule has 23 heavy (non-hydrogen) atoms. The largest absolute Gasteiger partial charge is 0.496 e. The van der Waals surface area contributed by atoms with Crippen molar-refractivity contribution in [1.82, 2.24) is 5.32 Å². The van der Waals surface area contributed by atoms with Crippen molar-refractivity contribution in [3.05, 3.63) is 65.7 Å². The smallest absolute Gasteiger partial charge is 0.244 e. The number of benzene rings is 2. The molecule has 0 unspecified atom stereocenters. The van der Waals surface area contributed by atoms with Gasteiger partial charge < -0.3 is 14.8 Å². The Bertz CT molecular complexity index is 663. The number of carbonyl (C=O) groups excluding carboxylic acids is 1. The van der Waals surface area contributed by atoms with E-state index in [9.17, 15) is 4.79 Å². The second-order valence-corrected chi connectivity index (χ2v) is 5.03. The molecule has 1 amide bonds. The number of ether oxygens (including phenoxy) is 2. The molecule has 0 aliphatic heterocycles. The third-order valence-corrected chi connectivity index (χ3v) is 3.24. The Hall–Kier alpha value is -2.75. The highest BCUT2D eigenvalue weighted by Crippen LogP contribution is 2.18. The highest BCUT2D eigenvalue weighted by atomic mass is 16.5. The molecule has 0 fully saturated rings. The first-order valence-electron chi connectivity index (χ1n) is 7.47. The molecule has 2 aromatic carbocycles. The monoisotopic (exact) mass is 311 g/mol. The molecule has 0 spiro atoms. The van der Waals surface area contributed by atoms with Gasteiger partial charge in [0.2, 0.25) is 5.91 Å². The number of methoxy groups -OCH3 is 1. The molecule has 0 atom stereocenters. The third-order valence-electron chi connectivity index (χ3n) is 3.24. The van der Waals surface area contributed by atoms with Gasteiger partial charge in [-0.25, -0.2) is 0 Å². The fourth-order valence-corrected chi connectivity index (χ4v) is 2.01. The molecule has 2 aromatic rings. The van der Waals surface area contributed by atoms with E-state index < -0.39 is 0 Å². The molecule has 0 saturated carbocycles. The first-order valence-corrected chi connectivity index (χ1v) is 7.47. The summed E-state index contributed by atoms with van der Waals surface area (Å²) >= 11 is 0. The van der Waals surface area contributed by atoms with Crippen LogP contribution in [0.4, 0.5) is 0 Å². The Balaban J connectivity index is 1.74. The minimum Gasteiger partial charge on any atom is -0.496 e. The zero-order chi connectivity index (χ0) is 16.5. The molecule has 0 bridgehead atoms. The molecule has 2 rings (SSSR count). The molecule has 0 heterocycles. The van der Waals surface area contributed by atoms with Crippen molar-refractivity contribution in [3.8, 4) is 11.5 Å². The van der Waals surface area contributed by atoms with E-state index in [1.807, 2.05) is 55.5 Å². The fourth-order valence-electron chi connectivity index (χ4n) is 2.01. The van der Waals surface area contributed by atoms with Crippen LogP contribution in [0.25, 0.3) is 6.08 Å². The number of hydrogen-bond donors (Lipinski definition) is 1. The van der Waals surface area contributed by atoms with Gasteiger partial charge in [-0.1, -0.05) is 35.9 Å². The van der Waals surface area contributed by atoms with Crippen molar-refractivity contribution in [1.29, 1.82) is 0 Å². The van der Waals surface area contributed by atoms with E-state index in [0.717, 1.165) is 17.1 Å². The molecule has 0 saturated heterocycles. The van der Waals surface area contributed by atoms with Gasteiger partial charge in [-0.05, 0) is 31.2 Å². The first kappa shape index (κ1) is 16.6. The molecular formula is C19H21NO3. The van der Waals surface area contributed by atoms with Crippen LogP contribution in [0.1, 0.15) is 11.1 Å². The Morgan fingerprint density at radius 3 is 2.61 bits per heavy atom. The molecule has 4 nitrogen and oxygen atoms in total. The quantitative estimate of drug-likeness (QED) is 0.631. The second-order valence-electron chi connectivity index (χ2n) is 5.03. The molecule has 0 aliphatic carbocycles. The van der Waals surface area contributed by atoms with Crippen LogP contribution >= 0.6 is 0 Å². The van der Waals surface area contributed by atoms with Crippen LogP contribution in [0.3, 0.4) is 0 Å². The summed E-state index contributed by atoms with van der Waals surface area (Å²) in [5.74, 6) is 1.37. The third kappa shape index (κ3) is 5.51. The lowest BCUT2D eigenvalue weighted by atomic mass is 10.2. The minimum atomic E-state index is -0.164. The summed E-state index contributed by atoms with van der Waals surface area (Å²) in [6.45, 7) is 2.90. The highest BCUT2D eigenvalue weighted by Gasteiger charge is 1.99. The van der Waals surface area contributed by atoms with Crippen LogP contribution in [0, 0.1) is 6.92 Å². The van der Waals surface area contributed by atoms with E-state index >= 15 is 0 Å². The van der Waals surface area contributed by atoms with Gasteiger partial charge in [0.1, 0.15) is 18.1 Å². The lowest BCUT2D eigenvalue weighted by Gasteiger charge is -2.07. The molecule has 4 heteroatoms. The van der Waals surface area contributed by atoms with Gasteiger partial charge in [0.05, 0.1) is 13.7 Å². The molecule has 0 radical (unpaired) electrons. The van der Waals surface area contributed by atoms with Crippen molar-refractivity contribution in [3.63, 3.8) is 0 Å². The number of aryl methyl sites for hydroxylation is 1. The zero-order valence-electron chi connectivity index (χ0n) is 13.4. The normalized spacial score (nSPS) is 10.5. The predicted molar refractivity (Wildman–Crippen MR) is 91.7 cm³/mol. The van der Waals surface area contributed by atoms with E-state index in [1.165, 1.54) is 11.6 Å². The summed E-state index contributed by atoms with van der Waals surface area (Å²) in [7, 11) is 1.61. The number of nitrogens with one attached hydrogen (secondary N) is 1. The highest BCUT2D eigenvalue weighted by molar-refractivity contribution is 5.92. The zero-order valence-corrected chi connectivity index (χ0v) is 13.4. The van der Waals surface area contributed by atoms with Crippen LogP contribution < -0.4 is 14.8 Å². The number of carbonyl (C=O) groups is 1. The van der Waals surface area contributed by atoms with Crippen molar-refractivity contribution in [2.24, 2.45) is 0 Å². The topological polar surface area (TPSA) is 47.6 Å². The van der Waals surface area contributed by atoms with Gasteiger partial charge in [-0.2, -0.15) is 0 Å². The lowest BCUT2D eigenvalue weighted by Crippen LogP contribution is -2.26. The van der Waals surface area contributed by atoms with E-state index in [0.29, 0.717) is 13.2 Å². The van der Waals surface area contributed by atoms with Gasteiger partial charge in [0, 0.05) is 11.6 Å². The molecular weight excluding hydrogens is 290 g/mol. The fraction of sp³-hybridized carbons (Fsp3) is 0.211. The molecule has 120 valence electrons. The number of para-hydroxylation sites is 1. The predicted octanol–water partition coefficient (Wildman–Crippen LogP) is 3.21. The summed E-state index contributed by atoms with van der Waals surface area (Å²) < 4.78 is 10.8. The van der Waals surface area contributed by atoms with Crippen LogP contribution in [0.5, 0.6) is 11.5 Å². The second kappa shape index (κ2) is 8.63. The number of amides is 1. The maximum Gasteiger partial charge on any atom is 0.244 e. The summed E-state index contributed by atoms with van der Waals surface area (Å²) in [6, 6.07) is 15.3. The molecule has 0 aliphatic rings. The standard InChI is InChI=1S/C19H21NO3/c1-15-7-10-17(11-8-15)23-14-13-20-19(21)12-9-16-5-3-4-6-18(16)22-2/h3-12H,13-14H2,1-2H3,(H,20,21). The molecule has 0 aromatic heterocycles. The summed E-state index contributed by atoms with van der Waals surface area (Å²) in [4.78, 5) is 11.8. The van der Waals surface area contributed by atoms with Crippen molar-refractivity contribution in [2.45, 2.75) is 6.92 Å². The van der Waals surface area contributed by atoms with Crippen LogP contribution in [-0.4, -0.2) is 26.2 Å². The average molecular weight is 311 g/mol. The van der Waals surface area contributed by atoms with E-state index in [2.05, 4.69) is 5.32 Å². The lowest BCUT2D eigenvalue weighted by molar-refractivity contribution is -0.116. The summed E-state index contributed by atoms with van der Waals surface area (Å²) in [6.07, 6.45) is 3.22. The van der Waals surface area contributed by atoms with Gasteiger partial charge in [0.25, 0.3) is 0 Å². The van der Waals surface area contributed by atoms with Crippen LogP contribution in [-0.2, 0) is 4.79 Å². The van der Waals surface area contributed by atoms with Gasteiger partial charge in [-0.15, -0.1) is 0 Å². The average Bonchev–Trinajstić information content (AvgIpc) is 2.58. The van der Waals surface area contributed by atoms with Crippen LogP contribution in [0.2, 0.25) is 0 Å². The van der Waals surface area contributed by atoms with E-state index in [4.69, 9.17) is 9.47 Å². The van der Waals surface area contributed by atoms with Crippen molar-refractivity contribution < 1.29 is 14.3 Å². The van der Waals surface area contributed by atoms with E-state index in [1.54, 1.807) is 13.2 Å². The minimum absolute atomic E-state index is 0.164. The van der Waals surface area contributed by atoms with Gasteiger partial charge >= 0.3 is 0 Å². The maximum atomic E-state index is 11.8. The van der Waals surface area contributed by atoms with Gasteiger partial charge in [-0.3, -0.25) is 4.79 Å². The number of hydrogen-bond acceptors (Lipinski definition) is 3. The SMILES string of the molecule is COc1ccccc1C=CC(=O)NCCOc1ccc(C)cc1. The van der Waals surface area contributed by atoms with Crippen molar-refractivity contribution >= 4 is 12.0 Å².